The van der Waals surface area contributed by atoms with Crippen LogP contribution in [0.3, 0.4) is 0 Å². The molecule has 0 amide bonds. The summed E-state index contributed by atoms with van der Waals surface area (Å²) in [6, 6.07) is 6.83. The number of ether oxygens (including phenoxy) is 1. The molecule has 2 aromatic carbocycles. The van der Waals surface area contributed by atoms with Crippen LogP contribution in [0.15, 0.2) is 35.5 Å². The zero-order valence-corrected chi connectivity index (χ0v) is 10.7. The zero-order valence-electron chi connectivity index (χ0n) is 9.98. The van der Waals surface area contributed by atoms with E-state index >= 15 is 0 Å². The van der Waals surface area contributed by atoms with Crippen LogP contribution in [0.4, 0.5) is 15.8 Å². The van der Waals surface area contributed by atoms with Gasteiger partial charge in [0.05, 0.1) is 10.7 Å². The minimum atomic E-state index is -0.351. The lowest BCUT2D eigenvalue weighted by molar-refractivity contribution is 0.477. The highest BCUT2D eigenvalue weighted by atomic mass is 35.5. The van der Waals surface area contributed by atoms with E-state index in [2.05, 4.69) is 5.18 Å². The van der Waals surface area contributed by atoms with Crippen molar-refractivity contribution in [2.75, 3.05) is 5.73 Å². The molecule has 6 heteroatoms. The fourth-order valence-corrected chi connectivity index (χ4v) is 1.76. The number of nitrogens with two attached hydrogens (primary N) is 1. The first-order valence-electron chi connectivity index (χ1n) is 5.37. The Hall–Kier alpha value is -2.14. The predicted molar refractivity (Wildman–Crippen MR) is 72.5 cm³/mol. The molecule has 0 aliphatic carbocycles. The Morgan fingerprint density at radius 3 is 2.63 bits per heavy atom. The highest BCUT2D eigenvalue weighted by molar-refractivity contribution is 6.32. The van der Waals surface area contributed by atoms with E-state index in [-0.39, 0.29) is 28.0 Å². The molecule has 4 nitrogen and oxygen atoms in total. The molecule has 0 aromatic heterocycles. The van der Waals surface area contributed by atoms with Gasteiger partial charge < -0.3 is 10.5 Å². The van der Waals surface area contributed by atoms with Crippen molar-refractivity contribution in [2.45, 2.75) is 6.92 Å². The maximum atomic E-state index is 13.0. The highest BCUT2D eigenvalue weighted by Crippen LogP contribution is 2.37. The molecule has 2 N–H and O–H groups in total. The van der Waals surface area contributed by atoms with Gasteiger partial charge in [0.15, 0.2) is 0 Å². The largest absolute Gasteiger partial charge is 0.455 e. The van der Waals surface area contributed by atoms with Crippen LogP contribution in [-0.2, 0) is 0 Å². The number of anilines is 1. The van der Waals surface area contributed by atoms with Crippen LogP contribution in [0, 0.1) is 17.6 Å². The van der Waals surface area contributed by atoms with E-state index in [9.17, 15) is 9.30 Å². The summed E-state index contributed by atoms with van der Waals surface area (Å²) in [5, 5.41) is 2.95. The number of nitrogen functional groups attached to an aromatic ring is 1. The summed E-state index contributed by atoms with van der Waals surface area (Å²) >= 11 is 5.96. The molecule has 0 aliphatic heterocycles. The third-order valence-corrected chi connectivity index (χ3v) is 2.83. The summed E-state index contributed by atoms with van der Waals surface area (Å²) in [7, 11) is 0. The number of halogens is 2. The van der Waals surface area contributed by atoms with Gasteiger partial charge in [-0.1, -0.05) is 11.6 Å². The van der Waals surface area contributed by atoms with Crippen LogP contribution < -0.4 is 10.5 Å². The normalized spacial score (nSPS) is 10.3. The number of hydrogen-bond acceptors (Lipinski definition) is 4. The van der Waals surface area contributed by atoms with E-state index in [1.165, 1.54) is 30.3 Å². The summed E-state index contributed by atoms with van der Waals surface area (Å²) in [4.78, 5) is 10.5. The summed E-state index contributed by atoms with van der Waals surface area (Å²) in [6.45, 7) is 1.71. The average molecular weight is 281 g/mol. The van der Waals surface area contributed by atoms with Crippen molar-refractivity contribution in [2.24, 2.45) is 5.18 Å². The van der Waals surface area contributed by atoms with Crippen molar-refractivity contribution in [3.8, 4) is 11.5 Å². The molecule has 0 spiro atoms. The van der Waals surface area contributed by atoms with E-state index < -0.39 is 0 Å². The topological polar surface area (TPSA) is 64.7 Å². The molecule has 0 radical (unpaired) electrons. The molecule has 0 bridgehead atoms. The molecule has 0 saturated carbocycles. The molecular weight excluding hydrogens is 271 g/mol. The van der Waals surface area contributed by atoms with Gasteiger partial charge in [-0.25, -0.2) is 4.39 Å². The Labute approximate surface area is 113 Å². The minimum Gasteiger partial charge on any atom is -0.455 e. The van der Waals surface area contributed by atoms with Gasteiger partial charge in [-0.15, -0.1) is 4.91 Å². The van der Waals surface area contributed by atoms with Gasteiger partial charge in [0.1, 0.15) is 23.0 Å². The molecule has 19 heavy (non-hydrogen) atoms. The summed E-state index contributed by atoms with van der Waals surface area (Å²) in [6.07, 6.45) is 0. The third kappa shape index (κ3) is 2.82. The quantitative estimate of drug-likeness (QED) is 0.662. The standard InChI is InChI=1S/C13H10ClFN2O2/c1-7-4-8(15)2-3-12(7)19-13-6-10(16)11(17-18)5-9(13)14/h2-6H,16H2,1H3. The zero-order chi connectivity index (χ0) is 14.0. The number of rotatable bonds is 3. The maximum Gasteiger partial charge on any atom is 0.148 e. The maximum absolute atomic E-state index is 13.0. The van der Waals surface area contributed by atoms with Gasteiger partial charge in [-0.3, -0.25) is 0 Å². The van der Waals surface area contributed by atoms with Crippen LogP contribution in [0.5, 0.6) is 11.5 Å². The van der Waals surface area contributed by atoms with Crippen molar-refractivity contribution >= 4 is 23.0 Å². The van der Waals surface area contributed by atoms with E-state index in [0.29, 0.717) is 11.3 Å². The van der Waals surface area contributed by atoms with Crippen molar-refractivity contribution in [3.63, 3.8) is 0 Å². The van der Waals surface area contributed by atoms with Crippen molar-refractivity contribution in [1.29, 1.82) is 0 Å². The van der Waals surface area contributed by atoms with E-state index in [1.54, 1.807) is 6.92 Å². The Kier molecular flexibility index (Phi) is 3.66. The Morgan fingerprint density at radius 1 is 1.26 bits per heavy atom. The second-order valence-corrected chi connectivity index (χ2v) is 4.35. The molecule has 0 saturated heterocycles. The molecule has 2 rings (SSSR count). The number of nitroso groups, excluding NO2 is 1. The van der Waals surface area contributed by atoms with Gasteiger partial charge in [0, 0.05) is 6.07 Å². The number of aryl methyl sites for hydroxylation is 1. The van der Waals surface area contributed by atoms with Gasteiger partial charge in [-0.2, -0.15) is 0 Å². The van der Waals surface area contributed by atoms with E-state index in [4.69, 9.17) is 22.1 Å². The second-order valence-electron chi connectivity index (χ2n) is 3.94. The summed E-state index contributed by atoms with van der Waals surface area (Å²) in [5.74, 6) is 0.381. The number of nitrogens with zero attached hydrogens (tertiary/aromatic N) is 1. The summed E-state index contributed by atoms with van der Waals surface area (Å²) < 4.78 is 18.5. The molecular formula is C13H10ClFN2O2. The van der Waals surface area contributed by atoms with Crippen molar-refractivity contribution < 1.29 is 9.13 Å². The number of hydrogen-bond donors (Lipinski definition) is 1. The van der Waals surface area contributed by atoms with E-state index in [0.717, 1.165) is 0 Å². The molecule has 98 valence electrons. The smallest absolute Gasteiger partial charge is 0.148 e. The van der Waals surface area contributed by atoms with Gasteiger partial charge in [-0.05, 0) is 41.9 Å². The Morgan fingerprint density at radius 2 is 2.00 bits per heavy atom. The minimum absolute atomic E-state index is 0.0492. The van der Waals surface area contributed by atoms with Gasteiger partial charge >= 0.3 is 0 Å². The first-order valence-corrected chi connectivity index (χ1v) is 5.75. The fraction of sp³-hybridized carbons (Fsp3) is 0.0769. The summed E-state index contributed by atoms with van der Waals surface area (Å²) in [5.41, 5.74) is 6.45. The lowest BCUT2D eigenvalue weighted by Gasteiger charge is -2.11. The Balaban J connectivity index is 2.38. The van der Waals surface area contributed by atoms with Crippen molar-refractivity contribution in [3.05, 3.63) is 51.6 Å². The monoisotopic (exact) mass is 280 g/mol. The van der Waals surface area contributed by atoms with Crippen LogP contribution in [0.2, 0.25) is 5.02 Å². The first kappa shape index (κ1) is 13.3. The van der Waals surface area contributed by atoms with Gasteiger partial charge in [0.2, 0.25) is 0 Å². The fourth-order valence-electron chi connectivity index (χ4n) is 1.56. The molecule has 0 aliphatic rings. The van der Waals surface area contributed by atoms with Crippen LogP contribution in [0.1, 0.15) is 5.56 Å². The Bertz CT molecular complexity index is 647. The lowest BCUT2D eigenvalue weighted by atomic mass is 10.2. The molecule has 0 fully saturated rings. The van der Waals surface area contributed by atoms with Crippen molar-refractivity contribution in [1.82, 2.24) is 0 Å². The molecule has 2 aromatic rings. The van der Waals surface area contributed by atoms with Crippen LogP contribution in [0.25, 0.3) is 0 Å². The van der Waals surface area contributed by atoms with E-state index in [1.807, 2.05) is 0 Å². The molecule has 0 unspecified atom stereocenters. The molecule has 0 atom stereocenters. The van der Waals surface area contributed by atoms with Crippen LogP contribution >= 0.6 is 11.6 Å². The lowest BCUT2D eigenvalue weighted by Crippen LogP contribution is -1.92. The predicted octanol–water partition coefficient (Wildman–Crippen LogP) is 4.56. The first-order chi connectivity index (χ1) is 9.01. The highest BCUT2D eigenvalue weighted by Gasteiger charge is 2.10. The van der Waals surface area contributed by atoms with Crippen LogP contribution in [-0.4, -0.2) is 0 Å². The van der Waals surface area contributed by atoms with Gasteiger partial charge in [0.25, 0.3) is 0 Å². The third-order valence-electron chi connectivity index (χ3n) is 2.54. The average Bonchev–Trinajstić information content (AvgIpc) is 2.36. The second kappa shape index (κ2) is 5.24. The molecule has 0 heterocycles. The SMILES string of the molecule is Cc1cc(F)ccc1Oc1cc(N)c(N=O)cc1Cl. The number of benzene rings is 2.